The highest BCUT2D eigenvalue weighted by Crippen LogP contribution is 2.17. The van der Waals surface area contributed by atoms with Gasteiger partial charge in [0.05, 0.1) is 24.9 Å². The second-order valence-corrected chi connectivity index (χ2v) is 7.92. The molecule has 2 heterocycles. The van der Waals surface area contributed by atoms with Crippen LogP contribution < -0.4 is 5.32 Å². The van der Waals surface area contributed by atoms with Crippen LogP contribution in [0.3, 0.4) is 0 Å². The third kappa shape index (κ3) is 6.54. The molecule has 30 heavy (non-hydrogen) atoms. The maximum atomic E-state index is 12.1. The largest absolute Gasteiger partial charge is 0.379 e. The monoisotopic (exact) mass is 411 g/mol. The number of aromatic nitrogens is 2. The Balaban J connectivity index is 1.42. The highest BCUT2D eigenvalue weighted by molar-refractivity contribution is 5.91. The average Bonchev–Trinajstić information content (AvgIpc) is 3.33. The molecule has 0 saturated carbocycles. The number of carbonyl (C=O) groups excluding carboxylic acids is 1. The maximum absolute atomic E-state index is 12.1. The Hall–Kier alpha value is -2.44. The molecule has 2 aromatic rings. The Labute approximate surface area is 179 Å². The number of hydrogen-bond acceptors (Lipinski definition) is 4. The first-order chi connectivity index (χ1) is 14.5. The van der Waals surface area contributed by atoms with Gasteiger partial charge in [0.1, 0.15) is 0 Å². The molecule has 6 nitrogen and oxygen atoms in total. The number of carbonyl (C=O) groups is 1. The van der Waals surface area contributed by atoms with E-state index in [2.05, 4.69) is 41.6 Å². The molecule has 1 N–H and O–H groups in total. The summed E-state index contributed by atoms with van der Waals surface area (Å²) in [5.41, 5.74) is 5.43. The molecule has 1 fully saturated rings. The Morgan fingerprint density at radius 3 is 2.83 bits per heavy atom. The van der Waals surface area contributed by atoms with Crippen LogP contribution in [-0.2, 0) is 20.8 Å². The molecular weight excluding hydrogens is 378 g/mol. The van der Waals surface area contributed by atoms with Crippen LogP contribution in [0.25, 0.3) is 6.08 Å². The number of rotatable bonds is 10. The third-order valence-electron chi connectivity index (χ3n) is 5.38. The molecule has 1 unspecified atom stereocenters. The van der Waals surface area contributed by atoms with E-state index in [9.17, 15) is 4.79 Å². The highest BCUT2D eigenvalue weighted by Gasteiger charge is 2.15. The van der Waals surface area contributed by atoms with Gasteiger partial charge in [0.2, 0.25) is 5.91 Å². The average molecular weight is 412 g/mol. The third-order valence-corrected chi connectivity index (χ3v) is 5.38. The van der Waals surface area contributed by atoms with E-state index < -0.39 is 0 Å². The molecule has 1 saturated heterocycles. The van der Waals surface area contributed by atoms with Crippen molar-refractivity contribution in [2.75, 3.05) is 26.4 Å². The standard InChI is InChI=1S/C24H33N3O3/c1-18-7-9-21(10-8-18)16-27-20(3)23(19(2)26-27)11-12-24(28)25-13-5-14-29-17-22-6-4-15-30-22/h7-12,22H,4-6,13-17H2,1-3H3,(H,25,28). The summed E-state index contributed by atoms with van der Waals surface area (Å²) in [6, 6.07) is 8.47. The fraction of sp³-hybridized carbons (Fsp3) is 0.500. The van der Waals surface area contributed by atoms with Crippen molar-refractivity contribution in [3.8, 4) is 0 Å². The lowest BCUT2D eigenvalue weighted by Crippen LogP contribution is -2.23. The van der Waals surface area contributed by atoms with Crippen LogP contribution in [0.5, 0.6) is 0 Å². The van der Waals surface area contributed by atoms with Gasteiger partial charge in [-0.05, 0) is 51.7 Å². The molecule has 0 radical (unpaired) electrons. The number of ether oxygens (including phenoxy) is 2. The summed E-state index contributed by atoms with van der Waals surface area (Å²) in [4.78, 5) is 12.1. The van der Waals surface area contributed by atoms with E-state index in [0.29, 0.717) is 19.8 Å². The molecule has 1 aliphatic heterocycles. The van der Waals surface area contributed by atoms with Crippen molar-refractivity contribution in [3.63, 3.8) is 0 Å². The first-order valence-electron chi connectivity index (χ1n) is 10.8. The molecule has 0 bridgehead atoms. The van der Waals surface area contributed by atoms with E-state index >= 15 is 0 Å². The van der Waals surface area contributed by atoms with Crippen molar-refractivity contribution in [3.05, 3.63) is 58.4 Å². The SMILES string of the molecule is Cc1ccc(Cn2nc(C)c(C=CC(=O)NCCCOCC3CCCO3)c2C)cc1. The molecule has 3 rings (SSSR count). The lowest BCUT2D eigenvalue weighted by Gasteiger charge is -2.09. The molecule has 1 aromatic carbocycles. The number of benzene rings is 1. The van der Waals surface area contributed by atoms with Gasteiger partial charge in [0.15, 0.2) is 0 Å². The molecular formula is C24H33N3O3. The van der Waals surface area contributed by atoms with Gasteiger partial charge in [0, 0.05) is 37.1 Å². The van der Waals surface area contributed by atoms with E-state index in [1.54, 1.807) is 6.08 Å². The normalized spacial score (nSPS) is 16.4. The van der Waals surface area contributed by atoms with Gasteiger partial charge in [-0.3, -0.25) is 9.48 Å². The molecule has 1 aliphatic rings. The number of aryl methyl sites for hydroxylation is 2. The van der Waals surface area contributed by atoms with Gasteiger partial charge in [-0.15, -0.1) is 0 Å². The zero-order valence-electron chi connectivity index (χ0n) is 18.3. The molecule has 0 aliphatic carbocycles. The summed E-state index contributed by atoms with van der Waals surface area (Å²) >= 11 is 0. The molecule has 1 aromatic heterocycles. The molecule has 1 amide bonds. The number of hydrogen-bond donors (Lipinski definition) is 1. The van der Waals surface area contributed by atoms with Crippen molar-refractivity contribution >= 4 is 12.0 Å². The lowest BCUT2D eigenvalue weighted by molar-refractivity contribution is -0.116. The van der Waals surface area contributed by atoms with Crippen LogP contribution in [0.1, 0.15) is 47.3 Å². The van der Waals surface area contributed by atoms with Gasteiger partial charge >= 0.3 is 0 Å². The second kappa shape index (κ2) is 11.1. The van der Waals surface area contributed by atoms with Crippen molar-refractivity contribution < 1.29 is 14.3 Å². The fourth-order valence-corrected chi connectivity index (χ4v) is 3.57. The van der Waals surface area contributed by atoms with Crippen molar-refractivity contribution in [1.82, 2.24) is 15.1 Å². The lowest BCUT2D eigenvalue weighted by atomic mass is 10.1. The number of nitrogens with zero attached hydrogens (tertiary/aromatic N) is 2. The Kier molecular flexibility index (Phi) is 8.22. The van der Waals surface area contributed by atoms with Crippen LogP contribution in [0.4, 0.5) is 0 Å². The van der Waals surface area contributed by atoms with Crippen molar-refractivity contribution in [1.29, 1.82) is 0 Å². The van der Waals surface area contributed by atoms with Crippen LogP contribution in [0, 0.1) is 20.8 Å². The predicted molar refractivity (Wildman–Crippen MR) is 118 cm³/mol. The minimum absolute atomic E-state index is 0.0980. The van der Waals surface area contributed by atoms with Gasteiger partial charge < -0.3 is 14.8 Å². The summed E-state index contributed by atoms with van der Waals surface area (Å²) in [7, 11) is 0. The molecule has 162 valence electrons. The zero-order valence-corrected chi connectivity index (χ0v) is 18.3. The number of nitrogens with one attached hydrogen (secondary N) is 1. The van der Waals surface area contributed by atoms with Crippen LogP contribution in [0.15, 0.2) is 30.3 Å². The van der Waals surface area contributed by atoms with E-state index in [-0.39, 0.29) is 12.0 Å². The van der Waals surface area contributed by atoms with E-state index in [4.69, 9.17) is 9.47 Å². The van der Waals surface area contributed by atoms with E-state index in [1.807, 2.05) is 24.6 Å². The van der Waals surface area contributed by atoms with Crippen molar-refractivity contribution in [2.45, 2.75) is 52.7 Å². The Morgan fingerprint density at radius 2 is 2.10 bits per heavy atom. The Bertz CT molecular complexity index is 849. The smallest absolute Gasteiger partial charge is 0.244 e. The summed E-state index contributed by atoms with van der Waals surface area (Å²) in [5, 5.41) is 7.55. The van der Waals surface area contributed by atoms with Crippen LogP contribution in [-0.4, -0.2) is 48.2 Å². The van der Waals surface area contributed by atoms with Gasteiger partial charge in [-0.25, -0.2) is 0 Å². The van der Waals surface area contributed by atoms with Gasteiger partial charge in [-0.2, -0.15) is 5.10 Å². The topological polar surface area (TPSA) is 65.4 Å². The fourth-order valence-electron chi connectivity index (χ4n) is 3.57. The Morgan fingerprint density at radius 1 is 1.30 bits per heavy atom. The van der Waals surface area contributed by atoms with Gasteiger partial charge in [0.25, 0.3) is 0 Å². The minimum atomic E-state index is -0.0980. The zero-order chi connectivity index (χ0) is 21.3. The van der Waals surface area contributed by atoms with E-state index in [0.717, 1.165) is 49.4 Å². The summed E-state index contributed by atoms with van der Waals surface area (Å²) in [6.07, 6.45) is 6.69. The minimum Gasteiger partial charge on any atom is -0.379 e. The van der Waals surface area contributed by atoms with Crippen LogP contribution >= 0.6 is 0 Å². The maximum Gasteiger partial charge on any atom is 0.244 e. The summed E-state index contributed by atoms with van der Waals surface area (Å²) in [5.74, 6) is -0.0980. The number of amides is 1. The predicted octanol–water partition coefficient (Wildman–Crippen LogP) is 3.57. The first kappa shape index (κ1) is 22.2. The quantitative estimate of drug-likeness (QED) is 0.479. The molecule has 1 atom stereocenters. The summed E-state index contributed by atoms with van der Waals surface area (Å²) < 4.78 is 13.1. The highest BCUT2D eigenvalue weighted by atomic mass is 16.5. The molecule has 6 heteroatoms. The second-order valence-electron chi connectivity index (χ2n) is 7.92. The van der Waals surface area contributed by atoms with Crippen molar-refractivity contribution in [2.24, 2.45) is 0 Å². The van der Waals surface area contributed by atoms with Crippen LogP contribution in [0.2, 0.25) is 0 Å². The van der Waals surface area contributed by atoms with Gasteiger partial charge in [-0.1, -0.05) is 29.8 Å². The van der Waals surface area contributed by atoms with E-state index in [1.165, 1.54) is 11.1 Å². The summed E-state index contributed by atoms with van der Waals surface area (Å²) in [6.45, 7) is 9.55. The first-order valence-corrected chi connectivity index (χ1v) is 10.8. The molecule has 0 spiro atoms.